The van der Waals surface area contributed by atoms with E-state index in [0.717, 1.165) is 19.5 Å². The summed E-state index contributed by atoms with van der Waals surface area (Å²) in [6.07, 6.45) is 4.53. The van der Waals surface area contributed by atoms with Crippen LogP contribution in [0.3, 0.4) is 0 Å². The zero-order valence-electron chi connectivity index (χ0n) is 16.5. The van der Waals surface area contributed by atoms with Crippen LogP contribution in [0.4, 0.5) is 5.69 Å². The Balaban J connectivity index is 0.00000218. The Morgan fingerprint density at radius 1 is 1.07 bits per heavy atom. The number of amides is 1. The molecule has 1 aliphatic rings. The molecule has 3 aromatic carbocycles. The van der Waals surface area contributed by atoms with Gasteiger partial charge in [-0.15, -0.1) is 12.4 Å². The molecule has 6 heteroatoms. The Kier molecular flexibility index (Phi) is 5.84. The zero-order valence-corrected chi connectivity index (χ0v) is 17.3. The highest BCUT2D eigenvalue weighted by Crippen LogP contribution is 2.20. The smallest absolute Gasteiger partial charge is 0.255 e. The fourth-order valence-electron chi connectivity index (χ4n) is 3.94. The standard InChI is InChI=1S/C24H22N4O.ClH/c29-24(19-8-9-20-13-25-11-10-18(20)12-19)27-22-14-26-28(16-22)15-21-6-3-5-17-4-1-2-7-23(17)21;/h1-9,12,14,16,25H,10-11,13,15H2,(H,27,29);1H. The molecule has 30 heavy (non-hydrogen) atoms. The summed E-state index contributed by atoms with van der Waals surface area (Å²) in [6, 6.07) is 20.6. The second-order valence-electron chi connectivity index (χ2n) is 7.43. The van der Waals surface area contributed by atoms with Gasteiger partial charge in [0, 0.05) is 18.3 Å². The summed E-state index contributed by atoms with van der Waals surface area (Å²) < 4.78 is 1.86. The highest BCUT2D eigenvalue weighted by atomic mass is 35.5. The average molecular weight is 419 g/mol. The molecule has 0 aliphatic carbocycles. The third-order valence-electron chi connectivity index (χ3n) is 5.46. The summed E-state index contributed by atoms with van der Waals surface area (Å²) in [5, 5.41) is 13.2. The van der Waals surface area contributed by atoms with Gasteiger partial charge in [-0.3, -0.25) is 9.48 Å². The third-order valence-corrected chi connectivity index (χ3v) is 5.46. The van der Waals surface area contributed by atoms with E-state index >= 15 is 0 Å². The van der Waals surface area contributed by atoms with Crippen molar-refractivity contribution in [2.24, 2.45) is 0 Å². The van der Waals surface area contributed by atoms with Gasteiger partial charge in [0.2, 0.25) is 0 Å². The lowest BCUT2D eigenvalue weighted by Gasteiger charge is -2.17. The van der Waals surface area contributed by atoms with Gasteiger partial charge >= 0.3 is 0 Å². The number of hydrogen-bond donors (Lipinski definition) is 2. The van der Waals surface area contributed by atoms with Gasteiger partial charge in [-0.1, -0.05) is 48.5 Å². The lowest BCUT2D eigenvalue weighted by atomic mass is 9.98. The Hall–Kier alpha value is -3.15. The molecular weight excluding hydrogens is 396 g/mol. The highest BCUT2D eigenvalue weighted by Gasteiger charge is 2.13. The van der Waals surface area contributed by atoms with Gasteiger partial charge in [0.25, 0.3) is 5.91 Å². The van der Waals surface area contributed by atoms with Crippen molar-refractivity contribution in [2.75, 3.05) is 11.9 Å². The van der Waals surface area contributed by atoms with Crippen LogP contribution in [-0.4, -0.2) is 22.2 Å². The summed E-state index contributed by atoms with van der Waals surface area (Å²) >= 11 is 0. The van der Waals surface area contributed by atoms with Crippen LogP contribution in [0.2, 0.25) is 0 Å². The van der Waals surface area contributed by atoms with E-state index in [1.807, 2.05) is 35.1 Å². The highest BCUT2D eigenvalue weighted by molar-refractivity contribution is 6.04. The SMILES string of the molecule is Cl.O=C(Nc1cnn(Cc2cccc3ccccc23)c1)c1ccc2c(c1)CCNC2. The first-order chi connectivity index (χ1) is 14.3. The molecule has 0 unspecified atom stereocenters. The summed E-state index contributed by atoms with van der Waals surface area (Å²) in [5.41, 5.74) is 5.12. The van der Waals surface area contributed by atoms with E-state index < -0.39 is 0 Å². The first kappa shape index (κ1) is 20.1. The van der Waals surface area contributed by atoms with Gasteiger partial charge < -0.3 is 10.6 Å². The van der Waals surface area contributed by atoms with E-state index in [2.05, 4.69) is 52.1 Å². The van der Waals surface area contributed by atoms with Crippen LogP contribution >= 0.6 is 12.4 Å². The van der Waals surface area contributed by atoms with E-state index in [1.54, 1.807) is 6.20 Å². The Bertz CT molecular complexity index is 1200. The van der Waals surface area contributed by atoms with Gasteiger partial charge in [-0.05, 0) is 52.6 Å². The van der Waals surface area contributed by atoms with Crippen molar-refractivity contribution >= 4 is 34.8 Å². The fraction of sp³-hybridized carbons (Fsp3) is 0.167. The number of halogens is 1. The molecule has 0 spiro atoms. The molecule has 1 aliphatic heterocycles. The number of benzene rings is 3. The van der Waals surface area contributed by atoms with Crippen LogP contribution in [0.1, 0.15) is 27.0 Å². The second kappa shape index (κ2) is 8.69. The predicted octanol–water partition coefficient (Wildman–Crippen LogP) is 4.40. The van der Waals surface area contributed by atoms with Crippen molar-refractivity contribution in [1.29, 1.82) is 0 Å². The number of carbonyl (C=O) groups excluding carboxylic acids is 1. The van der Waals surface area contributed by atoms with Gasteiger partial charge in [-0.25, -0.2) is 0 Å². The van der Waals surface area contributed by atoms with E-state index in [4.69, 9.17) is 0 Å². The quantitative estimate of drug-likeness (QED) is 0.516. The predicted molar refractivity (Wildman–Crippen MR) is 122 cm³/mol. The molecule has 5 nitrogen and oxygen atoms in total. The van der Waals surface area contributed by atoms with E-state index in [9.17, 15) is 4.79 Å². The summed E-state index contributed by atoms with van der Waals surface area (Å²) in [7, 11) is 0. The van der Waals surface area contributed by atoms with Crippen LogP contribution in [0.25, 0.3) is 10.8 Å². The number of carbonyl (C=O) groups is 1. The number of anilines is 1. The van der Waals surface area contributed by atoms with Crippen molar-refractivity contribution in [3.8, 4) is 0 Å². The summed E-state index contributed by atoms with van der Waals surface area (Å²) in [6.45, 7) is 2.49. The van der Waals surface area contributed by atoms with Crippen LogP contribution < -0.4 is 10.6 Å². The van der Waals surface area contributed by atoms with Gasteiger partial charge in [0.15, 0.2) is 0 Å². The monoisotopic (exact) mass is 418 g/mol. The normalized spacial score (nSPS) is 12.8. The van der Waals surface area contributed by atoms with Gasteiger partial charge in [0.05, 0.1) is 18.4 Å². The van der Waals surface area contributed by atoms with Crippen LogP contribution in [0.15, 0.2) is 73.1 Å². The molecule has 152 valence electrons. The first-order valence-electron chi connectivity index (χ1n) is 9.89. The molecule has 0 atom stereocenters. The minimum Gasteiger partial charge on any atom is -0.319 e. The topological polar surface area (TPSA) is 59.0 Å². The van der Waals surface area contributed by atoms with Crippen LogP contribution in [0, 0.1) is 0 Å². The number of nitrogens with one attached hydrogen (secondary N) is 2. The average Bonchev–Trinajstić information content (AvgIpc) is 3.20. The maximum absolute atomic E-state index is 12.7. The zero-order chi connectivity index (χ0) is 19.6. The number of fused-ring (bicyclic) bond motifs is 2. The maximum atomic E-state index is 12.7. The molecular formula is C24H23ClN4O. The van der Waals surface area contributed by atoms with Gasteiger partial charge in [0.1, 0.15) is 0 Å². The molecule has 0 bridgehead atoms. The second-order valence-corrected chi connectivity index (χ2v) is 7.43. The molecule has 2 heterocycles. The molecule has 0 saturated carbocycles. The summed E-state index contributed by atoms with van der Waals surface area (Å²) in [5.74, 6) is -0.101. The summed E-state index contributed by atoms with van der Waals surface area (Å²) in [4.78, 5) is 12.7. The molecule has 1 amide bonds. The molecule has 0 fully saturated rings. The van der Waals surface area contributed by atoms with E-state index in [1.165, 1.54) is 27.5 Å². The minimum atomic E-state index is -0.101. The van der Waals surface area contributed by atoms with E-state index in [0.29, 0.717) is 17.8 Å². The van der Waals surface area contributed by atoms with Crippen molar-refractivity contribution in [2.45, 2.75) is 19.5 Å². The fourth-order valence-corrected chi connectivity index (χ4v) is 3.94. The van der Waals surface area contributed by atoms with Crippen LogP contribution in [-0.2, 0) is 19.5 Å². The molecule has 0 radical (unpaired) electrons. The number of hydrogen-bond acceptors (Lipinski definition) is 3. The van der Waals surface area contributed by atoms with Crippen LogP contribution in [0.5, 0.6) is 0 Å². The maximum Gasteiger partial charge on any atom is 0.255 e. The molecule has 0 saturated heterocycles. The molecule has 4 aromatic rings. The van der Waals surface area contributed by atoms with Crippen molar-refractivity contribution in [3.63, 3.8) is 0 Å². The largest absolute Gasteiger partial charge is 0.319 e. The number of aromatic nitrogens is 2. The number of nitrogens with zero attached hydrogens (tertiary/aromatic N) is 2. The van der Waals surface area contributed by atoms with Gasteiger partial charge in [-0.2, -0.15) is 5.10 Å². The Morgan fingerprint density at radius 3 is 2.87 bits per heavy atom. The lowest BCUT2D eigenvalue weighted by molar-refractivity contribution is 0.102. The van der Waals surface area contributed by atoms with Crippen molar-refractivity contribution in [1.82, 2.24) is 15.1 Å². The van der Waals surface area contributed by atoms with Crippen molar-refractivity contribution in [3.05, 3.63) is 95.3 Å². The molecule has 2 N–H and O–H groups in total. The third kappa shape index (κ3) is 4.08. The Labute approximate surface area is 181 Å². The lowest BCUT2D eigenvalue weighted by Crippen LogP contribution is -2.24. The minimum absolute atomic E-state index is 0. The first-order valence-corrected chi connectivity index (χ1v) is 9.89. The number of rotatable bonds is 4. The molecule has 1 aromatic heterocycles. The molecule has 5 rings (SSSR count). The Morgan fingerprint density at radius 2 is 1.93 bits per heavy atom. The van der Waals surface area contributed by atoms with Crippen molar-refractivity contribution < 1.29 is 4.79 Å². The van der Waals surface area contributed by atoms with E-state index in [-0.39, 0.29) is 18.3 Å².